The molecular weight excluding hydrogens is 560 g/mol. The maximum Gasteiger partial charge on any atom is 0.411 e. The molecular formula is C27H37BrN2O6S. The Morgan fingerprint density at radius 1 is 1.03 bits per heavy atom. The number of aryl methyl sites for hydroxylation is 1. The summed E-state index contributed by atoms with van der Waals surface area (Å²) in [6, 6.07) is 10.5. The molecule has 0 aliphatic carbocycles. The van der Waals surface area contributed by atoms with Crippen LogP contribution in [0.4, 0.5) is 15.3 Å². The van der Waals surface area contributed by atoms with Crippen molar-refractivity contribution in [3.8, 4) is 0 Å². The van der Waals surface area contributed by atoms with Crippen LogP contribution >= 0.6 is 15.9 Å². The van der Waals surface area contributed by atoms with Gasteiger partial charge >= 0.3 is 12.2 Å². The van der Waals surface area contributed by atoms with Gasteiger partial charge in [0.05, 0.1) is 23.8 Å². The lowest BCUT2D eigenvalue weighted by molar-refractivity contribution is 0.0283. The Hall–Kier alpha value is -2.59. The number of hydrogen-bond acceptors (Lipinski definition) is 6. The number of rotatable bonds is 10. The van der Waals surface area contributed by atoms with Crippen LogP contribution in [0.15, 0.2) is 45.8 Å². The molecule has 0 spiro atoms. The number of halogens is 1. The van der Waals surface area contributed by atoms with Crippen molar-refractivity contribution in [2.75, 3.05) is 24.7 Å². The minimum Gasteiger partial charge on any atom is -0.449 e. The highest BCUT2D eigenvalue weighted by molar-refractivity contribution is 9.10. The summed E-state index contributed by atoms with van der Waals surface area (Å²) in [5.74, 6) is -0.0270. The first-order valence-electron chi connectivity index (χ1n) is 12.3. The fourth-order valence-corrected chi connectivity index (χ4v) is 5.66. The van der Waals surface area contributed by atoms with Crippen molar-refractivity contribution in [2.24, 2.45) is 0 Å². The summed E-state index contributed by atoms with van der Waals surface area (Å²) in [5, 5.41) is 2.66. The molecule has 0 bridgehead atoms. The molecule has 0 saturated heterocycles. The summed E-state index contributed by atoms with van der Waals surface area (Å²) in [4.78, 5) is 26.3. The lowest BCUT2D eigenvalue weighted by atomic mass is 10.0. The van der Waals surface area contributed by atoms with Gasteiger partial charge in [0.15, 0.2) is 9.84 Å². The molecule has 8 nitrogen and oxygen atoms in total. The lowest BCUT2D eigenvalue weighted by Crippen LogP contribution is -2.34. The Kier molecular flexibility index (Phi) is 11.0. The maximum absolute atomic E-state index is 12.9. The van der Waals surface area contributed by atoms with Crippen molar-refractivity contribution in [3.63, 3.8) is 0 Å². The SMILES string of the molecule is CCCS(=O)(=O)c1ccc(NC(=O)OCCc2ccc(Br)cc2CC)cc1CN(C)C(=O)OC(C)(C)C. The number of carbonyl (C=O) groups is 2. The number of benzene rings is 2. The highest BCUT2D eigenvalue weighted by Gasteiger charge is 2.24. The van der Waals surface area contributed by atoms with Crippen LogP contribution in [-0.4, -0.2) is 50.5 Å². The van der Waals surface area contributed by atoms with E-state index in [1.165, 1.54) is 29.6 Å². The Morgan fingerprint density at radius 3 is 2.35 bits per heavy atom. The predicted molar refractivity (Wildman–Crippen MR) is 149 cm³/mol. The van der Waals surface area contributed by atoms with E-state index in [0.29, 0.717) is 24.1 Å². The number of nitrogens with one attached hydrogen (secondary N) is 1. The van der Waals surface area contributed by atoms with Gasteiger partial charge < -0.3 is 14.4 Å². The van der Waals surface area contributed by atoms with Crippen LogP contribution in [0.1, 0.15) is 57.7 Å². The van der Waals surface area contributed by atoms with Crippen LogP contribution in [0.3, 0.4) is 0 Å². The second kappa shape index (κ2) is 13.3. The Bertz CT molecular complexity index is 1210. The molecule has 0 aliphatic rings. The fraction of sp³-hybridized carbons (Fsp3) is 0.481. The third kappa shape index (κ3) is 9.66. The van der Waals surface area contributed by atoms with E-state index in [1.54, 1.807) is 33.8 Å². The van der Waals surface area contributed by atoms with Crippen LogP contribution < -0.4 is 5.32 Å². The zero-order chi connectivity index (χ0) is 27.8. The number of nitrogens with zero attached hydrogens (tertiary/aromatic N) is 1. The highest BCUT2D eigenvalue weighted by Crippen LogP contribution is 2.25. The van der Waals surface area contributed by atoms with E-state index in [9.17, 15) is 18.0 Å². The molecule has 1 N–H and O–H groups in total. The Morgan fingerprint density at radius 2 is 1.73 bits per heavy atom. The van der Waals surface area contributed by atoms with Gasteiger partial charge in [-0.25, -0.2) is 18.0 Å². The standard InChI is InChI=1S/C27H37BrN2O6S/c1-7-15-37(33,34)24-12-11-23(17-21(24)18-30(6)26(32)36-27(3,4)5)29-25(31)35-14-13-20-9-10-22(28)16-19(20)8-2/h9-12,16-17H,7-8,13-15,18H2,1-6H3,(H,29,31). The molecule has 204 valence electrons. The van der Waals surface area contributed by atoms with Gasteiger partial charge in [-0.1, -0.05) is 35.8 Å². The minimum atomic E-state index is -3.57. The zero-order valence-electron chi connectivity index (χ0n) is 22.4. The van der Waals surface area contributed by atoms with Crippen LogP contribution in [0.25, 0.3) is 0 Å². The van der Waals surface area contributed by atoms with E-state index in [2.05, 4.69) is 34.2 Å². The van der Waals surface area contributed by atoms with Gasteiger partial charge in [-0.2, -0.15) is 0 Å². The summed E-state index contributed by atoms with van der Waals surface area (Å²) in [6.45, 7) is 9.30. The highest BCUT2D eigenvalue weighted by atomic mass is 79.9. The maximum atomic E-state index is 12.9. The summed E-state index contributed by atoms with van der Waals surface area (Å²) in [5.41, 5.74) is 2.34. The second-order valence-electron chi connectivity index (χ2n) is 9.76. The first kappa shape index (κ1) is 30.6. The summed E-state index contributed by atoms with van der Waals surface area (Å²) < 4.78 is 37.5. The monoisotopic (exact) mass is 596 g/mol. The van der Waals surface area contributed by atoms with Gasteiger partial charge in [0.25, 0.3) is 0 Å². The molecule has 0 atom stereocenters. The third-order valence-corrected chi connectivity index (χ3v) is 7.89. The molecule has 0 saturated carbocycles. The fourth-order valence-electron chi connectivity index (χ4n) is 3.70. The topological polar surface area (TPSA) is 102 Å². The number of sulfone groups is 1. The van der Waals surface area contributed by atoms with E-state index >= 15 is 0 Å². The first-order valence-corrected chi connectivity index (χ1v) is 14.7. The van der Waals surface area contributed by atoms with Crippen molar-refractivity contribution < 1.29 is 27.5 Å². The van der Waals surface area contributed by atoms with Crippen molar-refractivity contribution in [1.82, 2.24) is 4.90 Å². The molecule has 2 amide bonds. The van der Waals surface area contributed by atoms with Crippen molar-refractivity contribution in [1.29, 1.82) is 0 Å². The Labute approximate surface area is 228 Å². The van der Waals surface area contributed by atoms with Crippen molar-refractivity contribution >= 4 is 43.6 Å². The quantitative estimate of drug-likeness (QED) is 0.342. The van der Waals surface area contributed by atoms with Crippen molar-refractivity contribution in [3.05, 3.63) is 57.6 Å². The number of carbonyl (C=O) groups excluding carboxylic acids is 2. The number of hydrogen-bond donors (Lipinski definition) is 1. The molecule has 0 aliphatic heterocycles. The molecule has 37 heavy (non-hydrogen) atoms. The Balaban J connectivity index is 2.16. The molecule has 0 fully saturated rings. The van der Waals surface area contributed by atoms with E-state index in [0.717, 1.165) is 16.5 Å². The van der Waals surface area contributed by atoms with E-state index in [-0.39, 0.29) is 23.8 Å². The second-order valence-corrected chi connectivity index (χ2v) is 12.7. The zero-order valence-corrected chi connectivity index (χ0v) is 24.8. The van der Waals surface area contributed by atoms with E-state index < -0.39 is 27.6 Å². The molecule has 0 radical (unpaired) electrons. The largest absolute Gasteiger partial charge is 0.449 e. The molecule has 0 unspecified atom stereocenters. The van der Waals surface area contributed by atoms with Gasteiger partial charge in [-0.05, 0) is 80.6 Å². The van der Waals surface area contributed by atoms with Gasteiger partial charge in [-0.3, -0.25) is 5.32 Å². The molecule has 2 rings (SSSR count). The van der Waals surface area contributed by atoms with E-state index in [4.69, 9.17) is 9.47 Å². The number of amides is 2. The molecule has 10 heteroatoms. The van der Waals surface area contributed by atoms with Crippen LogP contribution in [0, 0.1) is 0 Å². The third-order valence-electron chi connectivity index (χ3n) is 5.38. The van der Waals surface area contributed by atoms with Gasteiger partial charge in [-0.15, -0.1) is 0 Å². The number of ether oxygens (including phenoxy) is 2. The van der Waals surface area contributed by atoms with Crippen LogP contribution in [0.2, 0.25) is 0 Å². The smallest absolute Gasteiger partial charge is 0.411 e. The van der Waals surface area contributed by atoms with Gasteiger partial charge in [0.1, 0.15) is 5.60 Å². The van der Waals surface area contributed by atoms with Crippen LogP contribution in [0.5, 0.6) is 0 Å². The summed E-state index contributed by atoms with van der Waals surface area (Å²) in [6.07, 6.45) is 0.668. The molecule has 2 aromatic carbocycles. The number of anilines is 1. The summed E-state index contributed by atoms with van der Waals surface area (Å²) >= 11 is 3.47. The predicted octanol–water partition coefficient (Wildman–Crippen LogP) is 6.35. The molecule has 0 aromatic heterocycles. The first-order chi connectivity index (χ1) is 17.3. The lowest BCUT2D eigenvalue weighted by Gasteiger charge is -2.25. The average Bonchev–Trinajstić information content (AvgIpc) is 2.78. The van der Waals surface area contributed by atoms with Gasteiger partial charge in [0.2, 0.25) is 0 Å². The van der Waals surface area contributed by atoms with Crippen LogP contribution in [-0.2, 0) is 38.7 Å². The normalized spacial score (nSPS) is 11.6. The minimum absolute atomic E-state index is 0.0128. The van der Waals surface area contributed by atoms with Crippen molar-refractivity contribution in [2.45, 2.75) is 70.9 Å². The average molecular weight is 598 g/mol. The molecule has 2 aromatic rings. The molecule has 0 heterocycles. The van der Waals surface area contributed by atoms with E-state index in [1.807, 2.05) is 12.1 Å². The van der Waals surface area contributed by atoms with Gasteiger partial charge in [0, 0.05) is 23.6 Å². The summed E-state index contributed by atoms with van der Waals surface area (Å²) in [7, 11) is -2.04.